The van der Waals surface area contributed by atoms with Crippen LogP contribution in [-0.4, -0.2) is 38.6 Å². The van der Waals surface area contributed by atoms with E-state index in [9.17, 15) is 9.90 Å². The predicted octanol–water partition coefficient (Wildman–Crippen LogP) is 2.06. The van der Waals surface area contributed by atoms with Gasteiger partial charge in [0.05, 0.1) is 19.3 Å². The number of hydrogen-bond acceptors (Lipinski definition) is 3. The van der Waals surface area contributed by atoms with Gasteiger partial charge in [-0.1, -0.05) is 81.4 Å². The number of nitrogens with one attached hydrogen (secondary N) is 1. The molecular formula is C21H29NO3Si. The number of carbonyl (C=O) groups excluding carboxylic acids is 1. The normalized spacial score (nSPS) is 13.3. The first-order valence-corrected chi connectivity index (χ1v) is 10.8. The number of amides is 1. The molecular weight excluding hydrogens is 342 g/mol. The Morgan fingerprint density at radius 2 is 1.50 bits per heavy atom. The van der Waals surface area contributed by atoms with Crippen LogP contribution in [0.3, 0.4) is 0 Å². The van der Waals surface area contributed by atoms with Crippen LogP contribution in [0.15, 0.2) is 60.7 Å². The monoisotopic (exact) mass is 371 g/mol. The molecule has 1 amide bonds. The Morgan fingerprint density at radius 3 is 1.85 bits per heavy atom. The average Bonchev–Trinajstić information content (AvgIpc) is 2.61. The molecule has 0 saturated heterocycles. The summed E-state index contributed by atoms with van der Waals surface area (Å²) in [6, 6.07) is 20.2. The van der Waals surface area contributed by atoms with Gasteiger partial charge in [-0.05, 0) is 15.4 Å². The fourth-order valence-corrected chi connectivity index (χ4v) is 8.02. The summed E-state index contributed by atoms with van der Waals surface area (Å²) in [5, 5.41) is 14.6. The molecule has 140 valence electrons. The largest absolute Gasteiger partial charge is 0.405 e. The van der Waals surface area contributed by atoms with Gasteiger partial charge in [0, 0.05) is 6.92 Å². The second-order valence-corrected chi connectivity index (χ2v) is 11.9. The molecule has 2 aromatic carbocycles. The van der Waals surface area contributed by atoms with Crippen LogP contribution in [0.2, 0.25) is 5.04 Å². The van der Waals surface area contributed by atoms with E-state index >= 15 is 0 Å². The standard InChI is InChI=1S/C21H29NO3Si/c1-17(24)22-18(15-23)16-25-26(21(2,3)4,19-11-7-5-8-12-19)20-13-9-6-10-14-20/h5-14,18,23H,15-16H2,1-4H3,(H,22,24). The summed E-state index contributed by atoms with van der Waals surface area (Å²) in [6.45, 7) is 8.16. The summed E-state index contributed by atoms with van der Waals surface area (Å²) in [4.78, 5) is 11.4. The third-order valence-corrected chi connectivity index (χ3v) is 9.55. The first-order valence-electron chi connectivity index (χ1n) is 8.94. The first kappa shape index (κ1) is 20.4. The number of hydrogen-bond donors (Lipinski definition) is 2. The molecule has 0 bridgehead atoms. The average molecular weight is 372 g/mol. The molecule has 5 heteroatoms. The Labute approximate surface area is 157 Å². The summed E-state index contributed by atoms with van der Waals surface area (Å²) in [6.07, 6.45) is 0. The highest BCUT2D eigenvalue weighted by Crippen LogP contribution is 2.36. The minimum Gasteiger partial charge on any atom is -0.405 e. The SMILES string of the molecule is CC(=O)NC(CO)CO[Si](c1ccccc1)(c1ccccc1)C(C)(C)C. The van der Waals surface area contributed by atoms with Crippen LogP contribution in [0, 0.1) is 0 Å². The van der Waals surface area contributed by atoms with Gasteiger partial charge in [0.1, 0.15) is 0 Å². The van der Waals surface area contributed by atoms with Crippen molar-refractivity contribution < 1.29 is 14.3 Å². The van der Waals surface area contributed by atoms with E-state index in [1.54, 1.807) is 0 Å². The van der Waals surface area contributed by atoms with Crippen molar-refractivity contribution >= 4 is 24.6 Å². The molecule has 0 heterocycles. The van der Waals surface area contributed by atoms with Gasteiger partial charge in [-0.15, -0.1) is 0 Å². The summed E-state index contributed by atoms with van der Waals surface area (Å²) in [7, 11) is -2.64. The molecule has 1 atom stereocenters. The molecule has 0 aliphatic rings. The van der Waals surface area contributed by atoms with Crippen LogP contribution in [0.1, 0.15) is 27.7 Å². The van der Waals surface area contributed by atoms with Crippen molar-refractivity contribution in [3.8, 4) is 0 Å². The Balaban J connectivity index is 2.52. The first-order chi connectivity index (χ1) is 12.3. The quantitative estimate of drug-likeness (QED) is 0.733. The molecule has 0 saturated carbocycles. The van der Waals surface area contributed by atoms with Crippen molar-refractivity contribution in [2.24, 2.45) is 0 Å². The van der Waals surface area contributed by atoms with Crippen LogP contribution in [0.4, 0.5) is 0 Å². The van der Waals surface area contributed by atoms with Gasteiger partial charge in [0.2, 0.25) is 5.91 Å². The molecule has 0 aliphatic carbocycles. The summed E-state index contributed by atoms with van der Waals surface area (Å²) in [5.41, 5.74) is 0. The molecule has 0 aromatic heterocycles. The van der Waals surface area contributed by atoms with E-state index in [2.05, 4.69) is 50.4 Å². The fraction of sp³-hybridized carbons (Fsp3) is 0.381. The summed E-state index contributed by atoms with van der Waals surface area (Å²) >= 11 is 0. The Hall–Kier alpha value is -1.95. The van der Waals surface area contributed by atoms with Gasteiger partial charge < -0.3 is 14.8 Å². The number of benzene rings is 2. The van der Waals surface area contributed by atoms with Crippen molar-refractivity contribution in [1.29, 1.82) is 0 Å². The highest BCUT2D eigenvalue weighted by atomic mass is 28.4. The van der Waals surface area contributed by atoms with Crippen molar-refractivity contribution in [3.63, 3.8) is 0 Å². The second-order valence-electron chi connectivity index (χ2n) is 7.55. The molecule has 0 spiro atoms. The third-order valence-electron chi connectivity index (χ3n) is 4.55. The van der Waals surface area contributed by atoms with Crippen molar-refractivity contribution in [3.05, 3.63) is 60.7 Å². The van der Waals surface area contributed by atoms with Gasteiger partial charge in [-0.3, -0.25) is 4.79 Å². The molecule has 2 aromatic rings. The smallest absolute Gasteiger partial charge is 0.261 e. The zero-order chi connectivity index (χ0) is 19.2. The highest BCUT2D eigenvalue weighted by molar-refractivity contribution is 6.99. The van der Waals surface area contributed by atoms with E-state index in [0.717, 1.165) is 0 Å². The molecule has 26 heavy (non-hydrogen) atoms. The van der Waals surface area contributed by atoms with E-state index < -0.39 is 14.4 Å². The van der Waals surface area contributed by atoms with Gasteiger partial charge in [0.15, 0.2) is 0 Å². The van der Waals surface area contributed by atoms with E-state index in [1.807, 2.05) is 36.4 Å². The number of aliphatic hydroxyl groups excluding tert-OH is 1. The van der Waals surface area contributed by atoms with Crippen LogP contribution in [0.5, 0.6) is 0 Å². The third kappa shape index (κ3) is 4.41. The molecule has 2 N–H and O–H groups in total. The highest BCUT2D eigenvalue weighted by Gasteiger charge is 2.50. The van der Waals surface area contributed by atoms with E-state index in [0.29, 0.717) is 0 Å². The van der Waals surface area contributed by atoms with Crippen molar-refractivity contribution in [1.82, 2.24) is 5.32 Å². The lowest BCUT2D eigenvalue weighted by atomic mass is 10.2. The topological polar surface area (TPSA) is 58.6 Å². The van der Waals surface area contributed by atoms with Gasteiger partial charge in [0.25, 0.3) is 8.32 Å². The van der Waals surface area contributed by atoms with Crippen molar-refractivity contribution in [2.45, 2.75) is 38.8 Å². The zero-order valence-electron chi connectivity index (χ0n) is 16.0. The fourth-order valence-electron chi connectivity index (χ4n) is 3.41. The minimum absolute atomic E-state index is 0.133. The lowest BCUT2D eigenvalue weighted by molar-refractivity contribution is -0.120. The van der Waals surface area contributed by atoms with Gasteiger partial charge >= 0.3 is 0 Å². The number of aliphatic hydroxyl groups is 1. The number of carbonyl (C=O) groups is 1. The lowest BCUT2D eigenvalue weighted by Gasteiger charge is -2.43. The molecule has 4 nitrogen and oxygen atoms in total. The second kappa shape index (κ2) is 8.62. The summed E-state index contributed by atoms with van der Waals surface area (Å²) < 4.78 is 6.68. The maximum Gasteiger partial charge on any atom is 0.261 e. The zero-order valence-corrected chi connectivity index (χ0v) is 17.0. The number of rotatable bonds is 7. The molecule has 1 unspecified atom stereocenters. The summed E-state index contributed by atoms with van der Waals surface area (Å²) in [5.74, 6) is -0.171. The van der Waals surface area contributed by atoms with Gasteiger partial charge in [-0.25, -0.2) is 0 Å². The van der Waals surface area contributed by atoms with Crippen LogP contribution in [0.25, 0.3) is 0 Å². The van der Waals surface area contributed by atoms with Crippen LogP contribution in [-0.2, 0) is 9.22 Å². The Kier molecular flexibility index (Phi) is 6.75. The van der Waals surface area contributed by atoms with E-state index in [4.69, 9.17) is 4.43 Å². The Morgan fingerprint density at radius 1 is 1.04 bits per heavy atom. The predicted molar refractivity (Wildman–Crippen MR) is 108 cm³/mol. The molecule has 0 aliphatic heterocycles. The van der Waals surface area contributed by atoms with Crippen LogP contribution < -0.4 is 15.7 Å². The molecule has 2 rings (SSSR count). The van der Waals surface area contributed by atoms with E-state index in [1.165, 1.54) is 17.3 Å². The van der Waals surface area contributed by atoms with E-state index in [-0.39, 0.29) is 24.2 Å². The van der Waals surface area contributed by atoms with Crippen molar-refractivity contribution in [2.75, 3.05) is 13.2 Å². The maximum absolute atomic E-state index is 11.4. The minimum atomic E-state index is -2.64. The lowest BCUT2D eigenvalue weighted by Crippen LogP contribution is -2.67. The van der Waals surface area contributed by atoms with Gasteiger partial charge in [-0.2, -0.15) is 0 Å². The van der Waals surface area contributed by atoms with Crippen LogP contribution >= 0.6 is 0 Å². The maximum atomic E-state index is 11.4. The molecule has 0 radical (unpaired) electrons. The molecule has 0 fully saturated rings. The Bertz CT molecular complexity index is 659.